The summed E-state index contributed by atoms with van der Waals surface area (Å²) in [6, 6.07) is 28.2. The van der Waals surface area contributed by atoms with E-state index in [4.69, 9.17) is 16.7 Å². The minimum atomic E-state index is -0.952. The molecule has 198 valence electrons. The first-order valence-electron chi connectivity index (χ1n) is 13.1. The maximum absolute atomic E-state index is 12.5. The Morgan fingerprint density at radius 1 is 0.949 bits per heavy atom. The lowest BCUT2D eigenvalue weighted by molar-refractivity contribution is -0.136. The van der Waals surface area contributed by atoms with E-state index >= 15 is 0 Å². The van der Waals surface area contributed by atoms with Crippen molar-refractivity contribution in [3.63, 3.8) is 0 Å². The molecule has 0 heterocycles. The Morgan fingerprint density at radius 2 is 1.64 bits per heavy atom. The fourth-order valence-corrected chi connectivity index (χ4v) is 5.44. The Hall–Kier alpha value is -4.14. The molecule has 0 saturated carbocycles. The number of carboxylic acid groups (broad SMARTS) is 1. The Balaban J connectivity index is 1.81. The number of nitrogens with one attached hydrogen (secondary N) is 1. The number of carbonyl (C=O) groups excluding carboxylic acids is 1. The molecule has 0 spiro atoms. The van der Waals surface area contributed by atoms with Crippen LogP contribution in [0.25, 0.3) is 10.8 Å². The number of nitrogens with zero attached hydrogens (tertiary/aromatic N) is 1. The first-order chi connectivity index (χ1) is 18.8. The molecule has 0 saturated heterocycles. The summed E-state index contributed by atoms with van der Waals surface area (Å²) >= 11 is 6.27. The van der Waals surface area contributed by atoms with Crippen molar-refractivity contribution in [3.05, 3.63) is 117 Å². The molecule has 0 radical (unpaired) electrons. The van der Waals surface area contributed by atoms with E-state index in [1.165, 1.54) is 0 Å². The summed E-state index contributed by atoms with van der Waals surface area (Å²) in [5.41, 5.74) is 5.49. The second-order valence-corrected chi connectivity index (χ2v) is 10.2. The van der Waals surface area contributed by atoms with Crippen LogP contribution >= 0.6 is 11.6 Å². The van der Waals surface area contributed by atoms with Gasteiger partial charge in [0, 0.05) is 23.0 Å². The van der Waals surface area contributed by atoms with Crippen LogP contribution in [-0.4, -0.2) is 23.5 Å². The lowest BCUT2D eigenvalue weighted by atomic mass is 9.73. The Morgan fingerprint density at radius 3 is 2.28 bits per heavy atom. The van der Waals surface area contributed by atoms with Crippen molar-refractivity contribution in [2.24, 2.45) is 0 Å². The normalized spacial score (nSPS) is 12.5. The van der Waals surface area contributed by atoms with Crippen molar-refractivity contribution in [3.8, 4) is 6.07 Å². The highest BCUT2D eigenvalue weighted by Gasteiger charge is 2.28. The van der Waals surface area contributed by atoms with Crippen LogP contribution in [0.4, 0.5) is 0 Å². The number of carboxylic acids is 1. The maximum Gasteiger partial charge on any atom is 0.305 e. The van der Waals surface area contributed by atoms with E-state index in [1.807, 2.05) is 49.4 Å². The number of fused-ring (bicyclic) bond motifs is 1. The summed E-state index contributed by atoms with van der Waals surface area (Å²) in [4.78, 5) is 23.3. The van der Waals surface area contributed by atoms with Crippen LogP contribution in [0.3, 0.4) is 0 Å². The zero-order valence-corrected chi connectivity index (χ0v) is 22.8. The van der Waals surface area contributed by atoms with Crippen molar-refractivity contribution >= 4 is 34.2 Å². The average Bonchev–Trinajstić information content (AvgIpc) is 2.93. The first kappa shape index (κ1) is 27.9. The third-order valence-electron chi connectivity index (χ3n) is 7.21. The van der Waals surface area contributed by atoms with Gasteiger partial charge in [-0.3, -0.25) is 9.59 Å². The maximum atomic E-state index is 12.5. The van der Waals surface area contributed by atoms with Crippen LogP contribution < -0.4 is 5.32 Å². The van der Waals surface area contributed by atoms with Gasteiger partial charge in [0.25, 0.3) is 5.91 Å². The molecule has 6 heteroatoms. The largest absolute Gasteiger partial charge is 0.481 e. The number of benzene rings is 4. The molecule has 0 aliphatic carbocycles. The minimum absolute atomic E-state index is 0.0181. The van der Waals surface area contributed by atoms with Crippen molar-refractivity contribution in [2.45, 2.75) is 44.9 Å². The van der Waals surface area contributed by atoms with Crippen LogP contribution in [0, 0.1) is 18.3 Å². The second-order valence-electron chi connectivity index (χ2n) is 9.76. The molecule has 0 aromatic heterocycles. The van der Waals surface area contributed by atoms with Gasteiger partial charge in [-0.15, -0.1) is 0 Å². The van der Waals surface area contributed by atoms with E-state index in [0.29, 0.717) is 16.1 Å². The van der Waals surface area contributed by atoms with Gasteiger partial charge in [-0.1, -0.05) is 79.5 Å². The van der Waals surface area contributed by atoms with Gasteiger partial charge in [0.2, 0.25) is 0 Å². The van der Waals surface area contributed by atoms with Gasteiger partial charge in [0.1, 0.15) is 6.07 Å². The van der Waals surface area contributed by atoms with Gasteiger partial charge in [0.05, 0.1) is 12.0 Å². The molecule has 0 aliphatic rings. The molecule has 4 rings (SSSR count). The van der Waals surface area contributed by atoms with Gasteiger partial charge in [-0.2, -0.15) is 5.26 Å². The molecule has 5 nitrogen and oxygen atoms in total. The molecule has 1 amide bonds. The zero-order chi connectivity index (χ0) is 27.9. The number of hydrogen-bond acceptors (Lipinski definition) is 3. The smallest absolute Gasteiger partial charge is 0.305 e. The predicted molar refractivity (Wildman–Crippen MR) is 155 cm³/mol. The Bertz CT molecular complexity index is 1520. The quantitative estimate of drug-likeness (QED) is 0.217. The van der Waals surface area contributed by atoms with Gasteiger partial charge in [0.15, 0.2) is 0 Å². The minimum Gasteiger partial charge on any atom is -0.481 e. The number of rotatable bonds is 10. The zero-order valence-electron chi connectivity index (χ0n) is 22.1. The molecular weight excluding hydrogens is 508 g/mol. The van der Waals surface area contributed by atoms with E-state index in [9.17, 15) is 14.9 Å². The third-order valence-corrected chi connectivity index (χ3v) is 7.46. The predicted octanol–water partition coefficient (Wildman–Crippen LogP) is 7.59. The lowest BCUT2D eigenvalue weighted by Crippen LogP contribution is -2.26. The molecule has 0 bridgehead atoms. The highest BCUT2D eigenvalue weighted by Crippen LogP contribution is 2.44. The van der Waals surface area contributed by atoms with Crippen molar-refractivity contribution in [1.82, 2.24) is 5.32 Å². The Kier molecular flexibility index (Phi) is 9.01. The van der Waals surface area contributed by atoms with Crippen LogP contribution in [0.1, 0.15) is 76.2 Å². The third kappa shape index (κ3) is 6.30. The van der Waals surface area contributed by atoms with E-state index in [-0.39, 0.29) is 30.7 Å². The van der Waals surface area contributed by atoms with Crippen LogP contribution in [0.2, 0.25) is 5.02 Å². The fourth-order valence-electron chi connectivity index (χ4n) is 5.31. The van der Waals surface area contributed by atoms with E-state index in [1.54, 1.807) is 12.1 Å². The van der Waals surface area contributed by atoms with Crippen LogP contribution in [0.5, 0.6) is 0 Å². The number of carbonyl (C=O) groups is 2. The van der Waals surface area contributed by atoms with Crippen LogP contribution in [0.15, 0.2) is 78.9 Å². The van der Waals surface area contributed by atoms with Crippen molar-refractivity contribution in [1.29, 1.82) is 5.26 Å². The van der Waals surface area contributed by atoms with Gasteiger partial charge >= 0.3 is 5.97 Å². The topological polar surface area (TPSA) is 90.2 Å². The van der Waals surface area contributed by atoms with Gasteiger partial charge < -0.3 is 10.4 Å². The van der Waals surface area contributed by atoms with E-state index in [0.717, 1.165) is 45.9 Å². The van der Waals surface area contributed by atoms with Crippen LogP contribution in [-0.2, 0) is 4.79 Å². The standard InChI is InChI=1S/C33H31ClN2O3/c1-3-5-26(22-9-11-24(12-10-22)33(39)36-19-18-31(37)38)32(23-13-15-25(34)16-14-23)29-7-4-6-27-28(29)17-8-21(2)30(27)20-35/h4,6-17,26,32H,3,5,18-19H2,1-2H3,(H,36,39)(H,37,38). The highest BCUT2D eigenvalue weighted by molar-refractivity contribution is 6.30. The number of hydrogen-bond donors (Lipinski definition) is 2. The Labute approximate surface area is 234 Å². The molecule has 2 N–H and O–H groups in total. The summed E-state index contributed by atoms with van der Waals surface area (Å²) in [5.74, 6) is -1.17. The molecule has 4 aromatic rings. The van der Waals surface area contributed by atoms with Crippen molar-refractivity contribution < 1.29 is 14.7 Å². The summed E-state index contributed by atoms with van der Waals surface area (Å²) in [6.07, 6.45) is 1.74. The SMILES string of the molecule is CCCC(c1ccc(C(=O)NCCC(=O)O)cc1)C(c1ccc(Cl)cc1)c1cccc2c(C#N)c(C)ccc12. The fraction of sp³-hybridized carbons (Fsp3) is 0.242. The molecule has 0 fully saturated rings. The monoisotopic (exact) mass is 538 g/mol. The molecule has 4 aromatic carbocycles. The summed E-state index contributed by atoms with van der Waals surface area (Å²) < 4.78 is 0. The number of amides is 1. The number of halogens is 1. The second kappa shape index (κ2) is 12.6. The molecule has 0 aliphatic heterocycles. The lowest BCUT2D eigenvalue weighted by Gasteiger charge is -2.30. The van der Waals surface area contributed by atoms with Gasteiger partial charge in [-0.25, -0.2) is 0 Å². The molecule has 2 atom stereocenters. The molecule has 2 unspecified atom stereocenters. The highest BCUT2D eigenvalue weighted by atomic mass is 35.5. The summed E-state index contributed by atoms with van der Waals surface area (Å²) in [5, 5.41) is 24.0. The average molecular weight is 539 g/mol. The first-order valence-corrected chi connectivity index (χ1v) is 13.5. The summed E-state index contributed by atoms with van der Waals surface area (Å²) in [6.45, 7) is 4.20. The number of aryl methyl sites for hydroxylation is 1. The van der Waals surface area contributed by atoms with E-state index < -0.39 is 5.97 Å². The molecule has 39 heavy (non-hydrogen) atoms. The van der Waals surface area contributed by atoms with Gasteiger partial charge in [-0.05, 0) is 76.6 Å². The van der Waals surface area contributed by atoms with E-state index in [2.05, 4.69) is 42.6 Å². The number of aliphatic carboxylic acids is 1. The summed E-state index contributed by atoms with van der Waals surface area (Å²) in [7, 11) is 0. The number of nitriles is 1. The van der Waals surface area contributed by atoms with Crippen molar-refractivity contribution in [2.75, 3.05) is 6.54 Å². The molecular formula is C33H31ClN2O3.